The lowest BCUT2D eigenvalue weighted by Gasteiger charge is -2.31. The Morgan fingerprint density at radius 2 is 1.72 bits per heavy atom. The van der Waals surface area contributed by atoms with Crippen molar-refractivity contribution in [3.05, 3.63) is 23.8 Å². The third-order valence-corrected chi connectivity index (χ3v) is 6.33. The standard InChI is InChI=1S/C17H26N2O5S/c1-4-9-25(21,22)19-7-5-14(6-8-19)18-17(20)13-10-15(23-2)12-16(11-13)24-3/h10-12,14H,4-9H2,1-3H3,(H,18,20). The fourth-order valence-corrected chi connectivity index (χ4v) is 4.41. The molecule has 0 aromatic heterocycles. The van der Waals surface area contributed by atoms with Crippen LogP contribution in [0.25, 0.3) is 0 Å². The molecule has 1 N–H and O–H groups in total. The molecule has 0 bridgehead atoms. The fourth-order valence-electron chi connectivity index (χ4n) is 2.87. The van der Waals surface area contributed by atoms with E-state index in [0.29, 0.717) is 49.4 Å². The molecule has 2 rings (SSSR count). The SMILES string of the molecule is CCCS(=O)(=O)N1CCC(NC(=O)c2cc(OC)cc(OC)c2)CC1. The Morgan fingerprint density at radius 1 is 1.16 bits per heavy atom. The molecule has 140 valence electrons. The molecule has 25 heavy (non-hydrogen) atoms. The van der Waals surface area contributed by atoms with Crippen LogP contribution < -0.4 is 14.8 Å². The molecule has 0 unspecified atom stereocenters. The van der Waals surface area contributed by atoms with Gasteiger partial charge in [0, 0.05) is 30.8 Å². The smallest absolute Gasteiger partial charge is 0.251 e. The summed E-state index contributed by atoms with van der Waals surface area (Å²) in [4.78, 5) is 12.5. The topological polar surface area (TPSA) is 84.9 Å². The largest absolute Gasteiger partial charge is 0.497 e. The molecule has 1 aliphatic rings. The molecule has 8 heteroatoms. The van der Waals surface area contributed by atoms with E-state index in [1.165, 1.54) is 18.5 Å². The summed E-state index contributed by atoms with van der Waals surface area (Å²) in [5, 5.41) is 2.97. The second-order valence-corrected chi connectivity index (χ2v) is 8.15. The first-order valence-electron chi connectivity index (χ1n) is 8.41. The van der Waals surface area contributed by atoms with E-state index in [4.69, 9.17) is 9.47 Å². The second kappa shape index (κ2) is 8.53. The predicted molar refractivity (Wildman–Crippen MR) is 95.7 cm³/mol. The number of methoxy groups -OCH3 is 2. The van der Waals surface area contributed by atoms with Crippen LogP contribution >= 0.6 is 0 Å². The van der Waals surface area contributed by atoms with E-state index < -0.39 is 10.0 Å². The molecular formula is C17H26N2O5S. The first-order chi connectivity index (χ1) is 11.9. The highest BCUT2D eigenvalue weighted by atomic mass is 32.2. The quantitative estimate of drug-likeness (QED) is 0.789. The molecule has 0 aliphatic carbocycles. The molecule has 1 aromatic rings. The highest BCUT2D eigenvalue weighted by molar-refractivity contribution is 7.89. The molecule has 0 saturated carbocycles. The normalized spacial score (nSPS) is 16.4. The number of benzene rings is 1. The Balaban J connectivity index is 1.97. The van der Waals surface area contributed by atoms with Crippen LogP contribution in [0.3, 0.4) is 0 Å². The predicted octanol–water partition coefficient (Wildman–Crippen LogP) is 1.64. The molecule has 1 heterocycles. The van der Waals surface area contributed by atoms with Crippen LogP contribution in [0.4, 0.5) is 0 Å². The van der Waals surface area contributed by atoms with Crippen molar-refractivity contribution in [3.8, 4) is 11.5 Å². The van der Waals surface area contributed by atoms with Gasteiger partial charge in [-0.05, 0) is 31.4 Å². The van der Waals surface area contributed by atoms with Crippen molar-refractivity contribution in [2.24, 2.45) is 0 Å². The number of nitrogens with zero attached hydrogens (tertiary/aromatic N) is 1. The number of ether oxygens (including phenoxy) is 2. The maximum Gasteiger partial charge on any atom is 0.251 e. The zero-order valence-electron chi connectivity index (χ0n) is 14.9. The number of hydrogen-bond acceptors (Lipinski definition) is 5. The summed E-state index contributed by atoms with van der Waals surface area (Å²) < 4.78 is 36.1. The first-order valence-corrected chi connectivity index (χ1v) is 10.0. The van der Waals surface area contributed by atoms with Crippen LogP contribution in [0.1, 0.15) is 36.5 Å². The summed E-state index contributed by atoms with van der Waals surface area (Å²) in [6.45, 7) is 2.73. The summed E-state index contributed by atoms with van der Waals surface area (Å²) in [6, 6.07) is 4.96. The minimum absolute atomic E-state index is 0.0437. The average Bonchev–Trinajstić information content (AvgIpc) is 2.61. The number of piperidine rings is 1. The Kier molecular flexibility index (Phi) is 6.66. The van der Waals surface area contributed by atoms with Gasteiger partial charge in [0.05, 0.1) is 20.0 Å². The third-order valence-electron chi connectivity index (χ3n) is 4.26. The second-order valence-electron chi connectivity index (χ2n) is 6.06. The molecule has 0 atom stereocenters. The lowest BCUT2D eigenvalue weighted by atomic mass is 10.1. The van der Waals surface area contributed by atoms with Crippen molar-refractivity contribution in [1.82, 2.24) is 9.62 Å². The van der Waals surface area contributed by atoms with E-state index in [-0.39, 0.29) is 17.7 Å². The minimum Gasteiger partial charge on any atom is -0.497 e. The van der Waals surface area contributed by atoms with E-state index in [2.05, 4.69) is 5.32 Å². The number of amides is 1. The van der Waals surface area contributed by atoms with Gasteiger partial charge in [-0.15, -0.1) is 0 Å². The number of nitrogens with one attached hydrogen (secondary N) is 1. The first kappa shape index (κ1) is 19.5. The highest BCUT2D eigenvalue weighted by Gasteiger charge is 2.28. The van der Waals surface area contributed by atoms with Crippen molar-refractivity contribution in [3.63, 3.8) is 0 Å². The van der Waals surface area contributed by atoms with Gasteiger partial charge in [0.1, 0.15) is 11.5 Å². The minimum atomic E-state index is -3.17. The number of rotatable bonds is 7. The zero-order chi connectivity index (χ0) is 18.4. The van der Waals surface area contributed by atoms with Gasteiger partial charge in [-0.1, -0.05) is 6.92 Å². The molecular weight excluding hydrogens is 344 g/mol. The zero-order valence-corrected chi connectivity index (χ0v) is 15.8. The third kappa shape index (κ3) is 5.09. The Hall–Kier alpha value is -1.80. The Labute approximate surface area is 149 Å². The Bertz CT molecular complexity index is 675. The van der Waals surface area contributed by atoms with Crippen molar-refractivity contribution >= 4 is 15.9 Å². The lowest BCUT2D eigenvalue weighted by Crippen LogP contribution is -2.47. The monoisotopic (exact) mass is 370 g/mol. The van der Waals surface area contributed by atoms with Crippen molar-refractivity contribution < 1.29 is 22.7 Å². The Morgan fingerprint density at radius 3 is 2.20 bits per heavy atom. The summed E-state index contributed by atoms with van der Waals surface area (Å²) in [7, 11) is -0.107. The van der Waals surface area contributed by atoms with E-state index in [1.54, 1.807) is 18.2 Å². The van der Waals surface area contributed by atoms with E-state index in [1.807, 2.05) is 6.92 Å². The van der Waals surface area contributed by atoms with Gasteiger partial charge in [0.2, 0.25) is 10.0 Å². The molecule has 1 saturated heterocycles. The average molecular weight is 370 g/mol. The van der Waals surface area contributed by atoms with Gasteiger partial charge < -0.3 is 14.8 Å². The van der Waals surface area contributed by atoms with Crippen molar-refractivity contribution in [2.45, 2.75) is 32.2 Å². The van der Waals surface area contributed by atoms with Crippen LogP contribution in [-0.4, -0.2) is 57.7 Å². The van der Waals surface area contributed by atoms with Gasteiger partial charge in [-0.25, -0.2) is 12.7 Å². The van der Waals surface area contributed by atoms with Gasteiger partial charge in [-0.2, -0.15) is 0 Å². The summed E-state index contributed by atoms with van der Waals surface area (Å²) in [6.07, 6.45) is 1.82. The number of carbonyl (C=O) groups excluding carboxylic acids is 1. The maximum atomic E-state index is 12.5. The van der Waals surface area contributed by atoms with E-state index >= 15 is 0 Å². The molecule has 0 spiro atoms. The lowest BCUT2D eigenvalue weighted by molar-refractivity contribution is 0.0923. The van der Waals surface area contributed by atoms with E-state index in [0.717, 1.165) is 0 Å². The van der Waals surface area contributed by atoms with E-state index in [9.17, 15) is 13.2 Å². The molecule has 0 radical (unpaired) electrons. The molecule has 7 nitrogen and oxygen atoms in total. The number of carbonyl (C=O) groups is 1. The van der Waals surface area contributed by atoms with Gasteiger partial charge in [0.15, 0.2) is 0 Å². The van der Waals surface area contributed by atoms with Gasteiger partial charge >= 0.3 is 0 Å². The van der Waals surface area contributed by atoms with Crippen LogP contribution in [0.2, 0.25) is 0 Å². The van der Waals surface area contributed by atoms with Crippen molar-refractivity contribution in [1.29, 1.82) is 0 Å². The van der Waals surface area contributed by atoms with Gasteiger partial charge in [-0.3, -0.25) is 4.79 Å². The van der Waals surface area contributed by atoms with Crippen LogP contribution in [-0.2, 0) is 10.0 Å². The summed E-state index contributed by atoms with van der Waals surface area (Å²) in [5.74, 6) is 1.05. The van der Waals surface area contributed by atoms with Crippen molar-refractivity contribution in [2.75, 3.05) is 33.1 Å². The molecule has 1 fully saturated rings. The number of sulfonamides is 1. The maximum absolute atomic E-state index is 12.5. The van der Waals surface area contributed by atoms with Gasteiger partial charge in [0.25, 0.3) is 5.91 Å². The molecule has 1 amide bonds. The van der Waals surface area contributed by atoms with Crippen LogP contribution in [0, 0.1) is 0 Å². The molecule has 1 aromatic carbocycles. The summed E-state index contributed by atoms with van der Waals surface area (Å²) >= 11 is 0. The van der Waals surface area contributed by atoms with Crippen LogP contribution in [0.5, 0.6) is 11.5 Å². The fraction of sp³-hybridized carbons (Fsp3) is 0.588. The van der Waals surface area contributed by atoms with Crippen LogP contribution in [0.15, 0.2) is 18.2 Å². The summed E-state index contributed by atoms with van der Waals surface area (Å²) in [5.41, 5.74) is 0.456. The molecule has 1 aliphatic heterocycles. The highest BCUT2D eigenvalue weighted by Crippen LogP contribution is 2.23. The number of hydrogen-bond donors (Lipinski definition) is 1.